The smallest absolute Gasteiger partial charge is 0.0555 e. The van der Waals surface area contributed by atoms with Crippen molar-refractivity contribution in [1.29, 1.82) is 0 Å². The van der Waals surface area contributed by atoms with Crippen molar-refractivity contribution in [1.82, 2.24) is 5.32 Å². The highest BCUT2D eigenvalue weighted by Gasteiger charge is 2.13. The van der Waals surface area contributed by atoms with E-state index in [1.807, 2.05) is 0 Å². The van der Waals surface area contributed by atoms with Crippen molar-refractivity contribution in [3.63, 3.8) is 0 Å². The first kappa shape index (κ1) is 16.2. The molecule has 0 aromatic carbocycles. The van der Waals surface area contributed by atoms with Gasteiger partial charge in [0.15, 0.2) is 0 Å². The molecule has 5 N–H and O–H groups in total. The lowest BCUT2D eigenvalue weighted by Crippen LogP contribution is -2.21. The molecule has 0 amide bonds. The molecular weight excluding hydrogens is 186 g/mol. The maximum atomic E-state index is 8.43. The summed E-state index contributed by atoms with van der Waals surface area (Å²) in [6, 6.07) is 0. The van der Waals surface area contributed by atoms with Crippen LogP contribution in [-0.4, -0.2) is 59.9 Å². The molecule has 0 rings (SSSR count). The molecule has 0 aliphatic carbocycles. The van der Waals surface area contributed by atoms with Crippen molar-refractivity contribution in [2.75, 3.05) is 39.5 Å². The molecular formula is C9H23NO4. The van der Waals surface area contributed by atoms with Gasteiger partial charge in [-0.25, -0.2) is 0 Å². The Hall–Kier alpha value is -0.200. The van der Waals surface area contributed by atoms with Crippen molar-refractivity contribution in [3.05, 3.63) is 0 Å². The number of hydrogen-bond acceptors (Lipinski definition) is 5. The quantitative estimate of drug-likeness (QED) is 0.345. The third kappa shape index (κ3) is 14.3. The molecule has 0 aromatic rings. The number of rotatable bonds is 6. The third-order valence-electron chi connectivity index (χ3n) is 1.43. The highest BCUT2D eigenvalue weighted by molar-refractivity contribution is 4.62. The lowest BCUT2D eigenvalue weighted by atomic mass is 9.97. The number of aliphatic hydroxyl groups is 4. The molecule has 5 nitrogen and oxygen atoms in total. The van der Waals surface area contributed by atoms with Gasteiger partial charge in [0.25, 0.3) is 0 Å². The first-order chi connectivity index (χ1) is 6.54. The van der Waals surface area contributed by atoms with Crippen LogP contribution in [-0.2, 0) is 0 Å². The molecule has 0 heterocycles. The molecule has 0 saturated carbocycles. The topological polar surface area (TPSA) is 93.0 Å². The van der Waals surface area contributed by atoms with Gasteiger partial charge < -0.3 is 25.7 Å². The molecule has 14 heavy (non-hydrogen) atoms. The van der Waals surface area contributed by atoms with Crippen LogP contribution >= 0.6 is 0 Å². The van der Waals surface area contributed by atoms with Crippen molar-refractivity contribution in [2.24, 2.45) is 5.41 Å². The summed E-state index contributed by atoms with van der Waals surface area (Å²) in [6.45, 7) is 5.11. The Morgan fingerprint density at radius 2 is 1.21 bits per heavy atom. The van der Waals surface area contributed by atoms with Gasteiger partial charge in [-0.15, -0.1) is 0 Å². The van der Waals surface area contributed by atoms with Gasteiger partial charge in [-0.05, 0) is 0 Å². The fourth-order valence-corrected chi connectivity index (χ4v) is 0.333. The fourth-order valence-electron chi connectivity index (χ4n) is 0.333. The SMILES string of the molecule is CC(C)(CO)CO.OCCNCCO. The minimum atomic E-state index is -0.306. The van der Waals surface area contributed by atoms with Gasteiger partial charge in [-0.2, -0.15) is 0 Å². The van der Waals surface area contributed by atoms with E-state index >= 15 is 0 Å². The molecule has 5 heteroatoms. The molecule has 0 aliphatic rings. The fraction of sp³-hybridized carbons (Fsp3) is 1.00. The molecule has 0 radical (unpaired) electrons. The van der Waals surface area contributed by atoms with Crippen LogP contribution in [0.1, 0.15) is 13.8 Å². The highest BCUT2D eigenvalue weighted by Crippen LogP contribution is 2.10. The van der Waals surface area contributed by atoms with E-state index in [1.54, 1.807) is 13.8 Å². The summed E-state index contributed by atoms with van der Waals surface area (Å²) in [5, 5.41) is 36.0. The normalized spacial score (nSPS) is 10.7. The van der Waals surface area contributed by atoms with E-state index in [0.717, 1.165) is 0 Å². The van der Waals surface area contributed by atoms with E-state index in [2.05, 4.69) is 5.32 Å². The van der Waals surface area contributed by atoms with Crippen LogP contribution in [0, 0.1) is 5.41 Å². The Bertz CT molecular complexity index is 99.0. The lowest BCUT2D eigenvalue weighted by molar-refractivity contribution is 0.0857. The zero-order valence-corrected chi connectivity index (χ0v) is 9.03. The van der Waals surface area contributed by atoms with E-state index in [9.17, 15) is 0 Å². The van der Waals surface area contributed by atoms with Crippen LogP contribution in [0.15, 0.2) is 0 Å². The molecule has 88 valence electrons. The predicted molar refractivity (Wildman–Crippen MR) is 55.0 cm³/mol. The maximum absolute atomic E-state index is 8.43. The summed E-state index contributed by atoms with van der Waals surface area (Å²) < 4.78 is 0. The second-order valence-electron chi connectivity index (χ2n) is 3.68. The average molecular weight is 209 g/mol. The van der Waals surface area contributed by atoms with Gasteiger partial charge in [-0.3, -0.25) is 0 Å². The Kier molecular flexibility index (Phi) is 12.6. The van der Waals surface area contributed by atoms with Crippen molar-refractivity contribution < 1.29 is 20.4 Å². The zero-order chi connectivity index (χ0) is 11.4. The summed E-state index contributed by atoms with van der Waals surface area (Å²) in [5.74, 6) is 0. The van der Waals surface area contributed by atoms with E-state index in [0.29, 0.717) is 13.1 Å². The zero-order valence-electron chi connectivity index (χ0n) is 9.03. The second kappa shape index (κ2) is 10.9. The second-order valence-corrected chi connectivity index (χ2v) is 3.68. The van der Waals surface area contributed by atoms with Gasteiger partial charge in [0, 0.05) is 18.5 Å². The molecule has 0 aliphatic heterocycles. The number of hydrogen-bond donors (Lipinski definition) is 5. The predicted octanol–water partition coefficient (Wildman–Crippen LogP) is -1.44. The summed E-state index contributed by atoms with van der Waals surface area (Å²) >= 11 is 0. The van der Waals surface area contributed by atoms with Crippen LogP contribution in [0.3, 0.4) is 0 Å². The van der Waals surface area contributed by atoms with Crippen molar-refractivity contribution in [2.45, 2.75) is 13.8 Å². The van der Waals surface area contributed by atoms with Gasteiger partial charge in [-0.1, -0.05) is 13.8 Å². The largest absolute Gasteiger partial charge is 0.396 e. The molecule has 0 unspecified atom stereocenters. The van der Waals surface area contributed by atoms with Gasteiger partial charge >= 0.3 is 0 Å². The standard InChI is InChI=1S/C5H12O2.C4H11NO2/c1-5(2,3-6)4-7;6-3-1-5-2-4-7/h6-7H,3-4H2,1-2H3;5-7H,1-4H2. The Balaban J connectivity index is 0. The van der Waals surface area contributed by atoms with Crippen LogP contribution in [0.4, 0.5) is 0 Å². The van der Waals surface area contributed by atoms with Crippen LogP contribution < -0.4 is 5.32 Å². The van der Waals surface area contributed by atoms with Gasteiger partial charge in [0.05, 0.1) is 26.4 Å². The monoisotopic (exact) mass is 209 g/mol. The minimum Gasteiger partial charge on any atom is -0.396 e. The van der Waals surface area contributed by atoms with Crippen LogP contribution in [0.25, 0.3) is 0 Å². The molecule has 0 fully saturated rings. The number of aliphatic hydroxyl groups excluding tert-OH is 4. The number of nitrogens with one attached hydrogen (secondary N) is 1. The molecule has 0 bridgehead atoms. The van der Waals surface area contributed by atoms with E-state index in [4.69, 9.17) is 20.4 Å². The van der Waals surface area contributed by atoms with Crippen molar-refractivity contribution >= 4 is 0 Å². The van der Waals surface area contributed by atoms with E-state index in [-0.39, 0.29) is 31.8 Å². The third-order valence-corrected chi connectivity index (χ3v) is 1.43. The molecule has 0 saturated heterocycles. The molecule has 0 aromatic heterocycles. The minimum absolute atomic E-state index is 0.0451. The summed E-state index contributed by atoms with van der Waals surface area (Å²) in [4.78, 5) is 0. The first-order valence-corrected chi connectivity index (χ1v) is 4.68. The van der Waals surface area contributed by atoms with E-state index in [1.165, 1.54) is 0 Å². The van der Waals surface area contributed by atoms with E-state index < -0.39 is 0 Å². The molecule has 0 atom stereocenters. The van der Waals surface area contributed by atoms with Gasteiger partial charge in [0.1, 0.15) is 0 Å². The lowest BCUT2D eigenvalue weighted by Gasteiger charge is -2.16. The Morgan fingerprint density at radius 3 is 1.36 bits per heavy atom. The van der Waals surface area contributed by atoms with Gasteiger partial charge in [0.2, 0.25) is 0 Å². The van der Waals surface area contributed by atoms with Crippen LogP contribution in [0.5, 0.6) is 0 Å². The average Bonchev–Trinajstić information content (AvgIpc) is 2.20. The Morgan fingerprint density at radius 1 is 0.857 bits per heavy atom. The first-order valence-electron chi connectivity index (χ1n) is 4.68. The Labute approximate surface area is 85.4 Å². The highest BCUT2D eigenvalue weighted by atomic mass is 16.3. The molecule has 0 spiro atoms. The summed E-state index contributed by atoms with van der Waals surface area (Å²) in [7, 11) is 0. The van der Waals surface area contributed by atoms with Crippen molar-refractivity contribution in [3.8, 4) is 0 Å². The summed E-state index contributed by atoms with van der Waals surface area (Å²) in [5.41, 5.74) is -0.306. The summed E-state index contributed by atoms with van der Waals surface area (Å²) in [6.07, 6.45) is 0. The maximum Gasteiger partial charge on any atom is 0.0555 e. The van der Waals surface area contributed by atoms with Crippen LogP contribution in [0.2, 0.25) is 0 Å².